The van der Waals surface area contributed by atoms with Gasteiger partial charge in [-0.2, -0.15) is 4.98 Å². The van der Waals surface area contributed by atoms with Gasteiger partial charge in [0.2, 0.25) is 5.89 Å². The number of carboxylic acid groups (broad SMARTS) is 1. The van der Waals surface area contributed by atoms with Crippen LogP contribution in [0.2, 0.25) is 0 Å². The van der Waals surface area contributed by atoms with E-state index in [9.17, 15) is 9.90 Å². The average molecular weight is 380 g/mol. The van der Waals surface area contributed by atoms with Gasteiger partial charge in [-0.05, 0) is 37.5 Å². The Morgan fingerprint density at radius 1 is 1.52 bits per heavy atom. The largest absolute Gasteiger partial charge is 0.480 e. The highest BCUT2D eigenvalue weighted by Crippen LogP contribution is 2.30. The van der Waals surface area contributed by atoms with Crippen molar-refractivity contribution in [3.05, 3.63) is 46.0 Å². The fourth-order valence-electron chi connectivity index (χ4n) is 2.54. The molecule has 1 N–H and O–H groups in total. The van der Waals surface area contributed by atoms with E-state index in [2.05, 4.69) is 26.1 Å². The molecular formula is C16H18BrN3O3. The van der Waals surface area contributed by atoms with Crippen molar-refractivity contribution in [3.63, 3.8) is 0 Å². The van der Waals surface area contributed by atoms with Crippen molar-refractivity contribution >= 4 is 21.9 Å². The maximum absolute atomic E-state index is 11.2. The van der Waals surface area contributed by atoms with E-state index in [1.165, 1.54) is 0 Å². The monoisotopic (exact) mass is 379 g/mol. The molecule has 0 bridgehead atoms. The van der Waals surface area contributed by atoms with E-state index < -0.39 is 12.0 Å². The van der Waals surface area contributed by atoms with Gasteiger partial charge in [-0.1, -0.05) is 33.2 Å². The number of halogens is 1. The van der Waals surface area contributed by atoms with Crippen LogP contribution in [-0.2, 0) is 17.8 Å². The predicted molar refractivity (Wildman–Crippen MR) is 86.9 cm³/mol. The van der Waals surface area contributed by atoms with Crippen molar-refractivity contribution in [1.82, 2.24) is 15.0 Å². The Kier molecular flexibility index (Phi) is 4.77. The Hall–Kier alpha value is -1.73. The molecule has 0 saturated heterocycles. The van der Waals surface area contributed by atoms with Crippen molar-refractivity contribution in [3.8, 4) is 0 Å². The number of hydrogen-bond donors (Lipinski definition) is 1. The van der Waals surface area contributed by atoms with E-state index in [0.29, 0.717) is 30.7 Å². The van der Waals surface area contributed by atoms with E-state index in [-0.39, 0.29) is 0 Å². The first-order chi connectivity index (χ1) is 11.0. The smallest absolute Gasteiger partial charge is 0.320 e. The molecule has 0 aliphatic heterocycles. The third kappa shape index (κ3) is 4.17. The number of aliphatic carboxylic acids is 1. The maximum atomic E-state index is 11.2. The Labute approximate surface area is 142 Å². The number of aromatic nitrogens is 2. The molecule has 1 fully saturated rings. The van der Waals surface area contributed by atoms with Gasteiger partial charge in [0, 0.05) is 16.9 Å². The normalized spacial score (nSPS) is 15.8. The Balaban J connectivity index is 1.67. The van der Waals surface area contributed by atoms with Gasteiger partial charge in [0.1, 0.15) is 6.04 Å². The molecular weight excluding hydrogens is 362 g/mol. The molecule has 0 spiro atoms. The van der Waals surface area contributed by atoms with E-state index >= 15 is 0 Å². The molecule has 1 unspecified atom stereocenters. The quantitative estimate of drug-likeness (QED) is 0.796. The van der Waals surface area contributed by atoms with Crippen LogP contribution in [0, 0.1) is 0 Å². The second kappa shape index (κ2) is 6.80. The van der Waals surface area contributed by atoms with Crippen LogP contribution >= 0.6 is 15.9 Å². The summed E-state index contributed by atoms with van der Waals surface area (Å²) in [5.74, 6) is 0.248. The van der Waals surface area contributed by atoms with Crippen LogP contribution in [0.1, 0.15) is 37.0 Å². The first-order valence-electron chi connectivity index (χ1n) is 7.57. The lowest BCUT2D eigenvalue weighted by Crippen LogP contribution is -2.40. The van der Waals surface area contributed by atoms with Crippen LogP contribution in [-0.4, -0.2) is 38.2 Å². The number of rotatable bonds is 7. The molecule has 1 saturated carbocycles. The zero-order chi connectivity index (χ0) is 16.4. The molecule has 3 rings (SSSR count). The third-order valence-electron chi connectivity index (χ3n) is 3.95. The fraction of sp³-hybridized carbons (Fsp3) is 0.438. The Bertz CT molecular complexity index is 699. The topological polar surface area (TPSA) is 79.5 Å². The second-order valence-corrected chi connectivity index (χ2v) is 6.74. The van der Waals surface area contributed by atoms with Crippen LogP contribution in [0.3, 0.4) is 0 Å². The Morgan fingerprint density at radius 2 is 2.30 bits per heavy atom. The summed E-state index contributed by atoms with van der Waals surface area (Å²) in [7, 11) is 0. The summed E-state index contributed by atoms with van der Waals surface area (Å²) in [6.45, 7) is 2.07. The summed E-state index contributed by atoms with van der Waals surface area (Å²) in [5, 5.41) is 13.2. The number of carbonyl (C=O) groups is 1. The van der Waals surface area contributed by atoms with E-state index in [1.807, 2.05) is 29.2 Å². The van der Waals surface area contributed by atoms with Crippen molar-refractivity contribution in [2.45, 2.75) is 44.8 Å². The summed E-state index contributed by atoms with van der Waals surface area (Å²) in [6, 6.07) is 7.70. The number of nitrogens with zero attached hydrogens (tertiary/aromatic N) is 3. The van der Waals surface area contributed by atoms with Crippen molar-refractivity contribution in [2.24, 2.45) is 0 Å². The van der Waals surface area contributed by atoms with Gasteiger partial charge < -0.3 is 9.63 Å². The van der Waals surface area contributed by atoms with Gasteiger partial charge in [0.15, 0.2) is 5.82 Å². The van der Waals surface area contributed by atoms with E-state index in [0.717, 1.165) is 22.9 Å². The molecule has 1 aromatic carbocycles. The van der Waals surface area contributed by atoms with Crippen LogP contribution in [0.25, 0.3) is 0 Å². The second-order valence-electron chi connectivity index (χ2n) is 5.83. The van der Waals surface area contributed by atoms with Crippen LogP contribution in [0.15, 0.2) is 33.3 Å². The minimum Gasteiger partial charge on any atom is -0.480 e. The lowest BCUT2D eigenvalue weighted by atomic mass is 10.1. The molecule has 1 aliphatic rings. The zero-order valence-electron chi connectivity index (χ0n) is 12.8. The average Bonchev–Trinajstić information content (AvgIpc) is 3.25. The predicted octanol–water partition coefficient (Wildman–Crippen LogP) is 2.86. The molecule has 7 heteroatoms. The summed E-state index contributed by atoms with van der Waals surface area (Å²) < 4.78 is 6.31. The van der Waals surface area contributed by atoms with Gasteiger partial charge in [0.05, 0.1) is 6.54 Å². The number of carboxylic acids is 1. The van der Waals surface area contributed by atoms with Gasteiger partial charge in [-0.3, -0.25) is 9.69 Å². The zero-order valence-corrected chi connectivity index (χ0v) is 14.4. The van der Waals surface area contributed by atoms with Crippen LogP contribution < -0.4 is 0 Å². The molecule has 1 heterocycles. The highest BCUT2D eigenvalue weighted by atomic mass is 79.9. The van der Waals surface area contributed by atoms with E-state index in [1.54, 1.807) is 6.92 Å². The number of benzene rings is 1. The first-order valence-corrected chi connectivity index (χ1v) is 8.36. The minimum atomic E-state index is -0.828. The highest BCUT2D eigenvalue weighted by molar-refractivity contribution is 9.10. The lowest BCUT2D eigenvalue weighted by Gasteiger charge is -2.24. The summed E-state index contributed by atoms with van der Waals surface area (Å²) in [4.78, 5) is 17.5. The Morgan fingerprint density at radius 3 is 2.96 bits per heavy atom. The summed E-state index contributed by atoms with van der Waals surface area (Å²) in [6.07, 6.45) is 2.63. The van der Waals surface area contributed by atoms with Crippen molar-refractivity contribution in [2.75, 3.05) is 0 Å². The molecule has 0 amide bonds. The first kappa shape index (κ1) is 16.1. The van der Waals surface area contributed by atoms with E-state index in [4.69, 9.17) is 4.52 Å². The standard InChI is InChI=1S/C16H18BrN3O3/c1-10(16(21)22)20(13-5-6-13)9-15-18-14(19-23-15)8-11-3-2-4-12(17)7-11/h2-4,7,10,13H,5-6,8-9H2,1H3,(H,21,22). The minimum absolute atomic E-state index is 0.307. The number of hydrogen-bond acceptors (Lipinski definition) is 5. The van der Waals surface area contributed by atoms with Crippen molar-refractivity contribution < 1.29 is 14.4 Å². The molecule has 6 nitrogen and oxygen atoms in total. The summed E-state index contributed by atoms with van der Waals surface area (Å²) in [5.41, 5.74) is 1.09. The molecule has 1 atom stereocenters. The highest BCUT2D eigenvalue weighted by Gasteiger charge is 2.36. The molecule has 1 aromatic heterocycles. The molecule has 122 valence electrons. The van der Waals surface area contributed by atoms with Crippen LogP contribution in [0.4, 0.5) is 0 Å². The molecule has 2 aromatic rings. The lowest BCUT2D eigenvalue weighted by molar-refractivity contribution is -0.143. The maximum Gasteiger partial charge on any atom is 0.320 e. The third-order valence-corrected chi connectivity index (χ3v) is 4.44. The summed E-state index contributed by atoms with van der Waals surface area (Å²) >= 11 is 3.44. The van der Waals surface area contributed by atoms with Gasteiger partial charge in [-0.15, -0.1) is 0 Å². The molecule has 1 aliphatic carbocycles. The molecule has 0 radical (unpaired) electrons. The van der Waals surface area contributed by atoms with Gasteiger partial charge in [-0.25, -0.2) is 0 Å². The van der Waals surface area contributed by atoms with Gasteiger partial charge >= 0.3 is 5.97 Å². The van der Waals surface area contributed by atoms with Crippen LogP contribution in [0.5, 0.6) is 0 Å². The fourth-order valence-corrected chi connectivity index (χ4v) is 2.99. The van der Waals surface area contributed by atoms with Crippen molar-refractivity contribution in [1.29, 1.82) is 0 Å². The van der Waals surface area contributed by atoms with Gasteiger partial charge in [0.25, 0.3) is 0 Å². The SMILES string of the molecule is CC(C(=O)O)N(Cc1nc(Cc2cccc(Br)c2)no1)C1CC1. The molecule has 23 heavy (non-hydrogen) atoms.